The number of hydrogen-bond donors (Lipinski definition) is 2. The molecule has 0 spiro atoms. The van der Waals surface area contributed by atoms with Crippen LogP contribution in [0.25, 0.3) is 5.57 Å². The van der Waals surface area contributed by atoms with Gasteiger partial charge in [-0.3, -0.25) is 4.79 Å². The van der Waals surface area contributed by atoms with Crippen LogP contribution in [-0.4, -0.2) is 64.9 Å². The number of aromatic nitrogens is 2. The summed E-state index contributed by atoms with van der Waals surface area (Å²) in [5.74, 6) is 0.728. The number of hydrogen-bond acceptors (Lipinski definition) is 6. The van der Waals surface area contributed by atoms with E-state index in [9.17, 15) is 9.59 Å². The number of carbonyl (C=O) groups excluding carboxylic acids is 2. The number of aromatic amines is 1. The summed E-state index contributed by atoms with van der Waals surface area (Å²) in [6.07, 6.45) is 10.1. The quantitative estimate of drug-likeness (QED) is 0.568. The van der Waals surface area contributed by atoms with E-state index in [0.717, 1.165) is 36.4 Å². The van der Waals surface area contributed by atoms with Gasteiger partial charge in [0.25, 0.3) is 0 Å². The number of rotatable bonds is 6. The number of ether oxygens (including phenoxy) is 1. The Bertz CT molecular complexity index is 1030. The molecule has 0 saturated carbocycles. The lowest BCUT2D eigenvalue weighted by molar-refractivity contribution is -0.135. The predicted octanol–water partition coefficient (Wildman–Crippen LogP) is 4.26. The summed E-state index contributed by atoms with van der Waals surface area (Å²) in [5, 5.41) is 2.69. The Morgan fingerprint density at radius 2 is 1.94 bits per heavy atom. The normalized spacial score (nSPS) is 25.7. The van der Waals surface area contributed by atoms with Gasteiger partial charge in [0.1, 0.15) is 11.9 Å². The monoisotopic (exact) mass is 498 g/mol. The fourth-order valence-electron chi connectivity index (χ4n) is 4.95. The number of imidazole rings is 1. The average molecular weight is 498 g/mol. The molecule has 2 N–H and O–H groups in total. The zero-order chi connectivity index (χ0) is 26.3. The Balaban J connectivity index is 1.43. The van der Waals surface area contributed by atoms with Crippen LogP contribution in [-0.2, 0) is 18.8 Å². The van der Waals surface area contributed by atoms with Crippen molar-refractivity contribution < 1.29 is 23.6 Å². The van der Waals surface area contributed by atoms with E-state index in [4.69, 9.17) is 14.0 Å². The van der Waals surface area contributed by atoms with Crippen molar-refractivity contribution in [2.24, 2.45) is 5.92 Å². The molecule has 3 atom stereocenters. The molecule has 1 aromatic rings. The van der Waals surface area contributed by atoms with Gasteiger partial charge in [-0.1, -0.05) is 32.1 Å². The minimum Gasteiger partial charge on any atom is -0.453 e. The Morgan fingerprint density at radius 1 is 1.25 bits per heavy atom. The maximum absolute atomic E-state index is 13.4. The van der Waals surface area contributed by atoms with Gasteiger partial charge in [-0.25, -0.2) is 9.78 Å². The van der Waals surface area contributed by atoms with Crippen molar-refractivity contribution in [1.29, 1.82) is 0 Å². The number of amides is 2. The molecular weight excluding hydrogens is 459 g/mol. The van der Waals surface area contributed by atoms with Crippen molar-refractivity contribution in [1.82, 2.24) is 20.2 Å². The van der Waals surface area contributed by atoms with Crippen LogP contribution in [0.5, 0.6) is 0 Å². The molecule has 196 valence electrons. The lowest BCUT2D eigenvalue weighted by atomic mass is 9.68. The van der Waals surface area contributed by atoms with Gasteiger partial charge in [0.15, 0.2) is 0 Å². The summed E-state index contributed by atoms with van der Waals surface area (Å²) >= 11 is 0. The number of alkyl carbamates (subject to hydrolysis) is 1. The van der Waals surface area contributed by atoms with Crippen molar-refractivity contribution >= 4 is 24.7 Å². The highest BCUT2D eigenvalue weighted by atomic mass is 16.7. The SMILES string of the molecule is COC(=O)NC(C(=O)N1CCCC1c1ncc(C2=CCC(B3OC(C)(C)C(C)(C)O3)C=C2)[nH]1)C(C)C. The summed E-state index contributed by atoms with van der Waals surface area (Å²) in [6, 6.07) is -0.805. The van der Waals surface area contributed by atoms with E-state index in [1.54, 1.807) is 0 Å². The third-order valence-electron chi connectivity index (χ3n) is 7.90. The molecule has 0 radical (unpaired) electrons. The second kappa shape index (κ2) is 10.1. The van der Waals surface area contributed by atoms with Gasteiger partial charge < -0.3 is 29.2 Å². The predicted molar refractivity (Wildman–Crippen MR) is 138 cm³/mol. The van der Waals surface area contributed by atoms with Gasteiger partial charge >= 0.3 is 13.2 Å². The lowest BCUT2D eigenvalue weighted by Gasteiger charge is -2.32. The van der Waals surface area contributed by atoms with Crippen LogP contribution in [0, 0.1) is 5.92 Å². The van der Waals surface area contributed by atoms with Crippen molar-refractivity contribution in [3.05, 3.63) is 35.9 Å². The van der Waals surface area contributed by atoms with Crippen molar-refractivity contribution in [3.8, 4) is 0 Å². The Kier molecular flexibility index (Phi) is 7.39. The molecule has 3 aliphatic rings. The first-order chi connectivity index (χ1) is 16.9. The van der Waals surface area contributed by atoms with E-state index < -0.39 is 12.1 Å². The van der Waals surface area contributed by atoms with E-state index in [1.807, 2.05) is 24.9 Å². The largest absolute Gasteiger partial charge is 0.465 e. The molecule has 9 nitrogen and oxygen atoms in total. The van der Waals surface area contributed by atoms with Gasteiger partial charge in [-0.15, -0.1) is 0 Å². The molecule has 36 heavy (non-hydrogen) atoms. The highest BCUT2D eigenvalue weighted by molar-refractivity contribution is 6.48. The van der Waals surface area contributed by atoms with Crippen LogP contribution in [0.1, 0.15) is 78.4 Å². The smallest absolute Gasteiger partial charge is 0.453 e. The van der Waals surface area contributed by atoms with Gasteiger partial charge in [-0.05, 0) is 58.4 Å². The van der Waals surface area contributed by atoms with E-state index in [0.29, 0.717) is 6.54 Å². The average Bonchev–Trinajstić information content (AvgIpc) is 3.54. The van der Waals surface area contributed by atoms with E-state index in [2.05, 4.69) is 61.2 Å². The lowest BCUT2D eigenvalue weighted by Crippen LogP contribution is -2.51. The number of nitrogens with zero attached hydrogens (tertiary/aromatic N) is 2. The third-order valence-corrected chi connectivity index (χ3v) is 7.90. The van der Waals surface area contributed by atoms with Crippen LogP contribution < -0.4 is 5.32 Å². The molecule has 2 saturated heterocycles. The Morgan fingerprint density at radius 3 is 2.53 bits per heavy atom. The second-order valence-corrected chi connectivity index (χ2v) is 11.3. The molecule has 0 bridgehead atoms. The molecule has 2 fully saturated rings. The topological polar surface area (TPSA) is 106 Å². The van der Waals surface area contributed by atoms with Crippen LogP contribution in [0.4, 0.5) is 4.79 Å². The van der Waals surface area contributed by atoms with Gasteiger partial charge in [0, 0.05) is 12.4 Å². The molecule has 0 aromatic carbocycles. The zero-order valence-electron chi connectivity index (χ0n) is 22.5. The molecular formula is C26H39BN4O5. The van der Waals surface area contributed by atoms with Crippen LogP contribution in [0.15, 0.2) is 24.4 Å². The molecule has 4 rings (SSSR count). The number of likely N-dealkylation sites (tertiary alicyclic amines) is 1. The Hall–Kier alpha value is -2.59. The standard InChI is InChI=1S/C26H39BN4O5/c1-16(2)21(30-24(33)34-7)23(32)31-14-8-9-20(31)22-28-15-19(29-22)17-10-12-18(13-11-17)27-35-25(3,4)26(5,6)36-27/h10-12,15-16,18,20-21H,8-9,13-14H2,1-7H3,(H,28,29)(H,30,33). The number of methoxy groups -OCH3 is 1. The maximum atomic E-state index is 13.4. The van der Waals surface area contributed by atoms with Crippen molar-refractivity contribution in [2.45, 2.75) is 89.9 Å². The third kappa shape index (κ3) is 5.11. The van der Waals surface area contributed by atoms with Crippen LogP contribution in [0.3, 0.4) is 0 Å². The van der Waals surface area contributed by atoms with Crippen LogP contribution in [0.2, 0.25) is 5.82 Å². The highest BCUT2D eigenvalue weighted by Gasteiger charge is 2.53. The molecule has 2 amide bonds. The van der Waals surface area contributed by atoms with E-state index in [-0.39, 0.29) is 42.0 Å². The summed E-state index contributed by atoms with van der Waals surface area (Å²) in [7, 11) is 1.03. The summed E-state index contributed by atoms with van der Waals surface area (Å²) in [6.45, 7) is 12.7. The first-order valence-corrected chi connectivity index (χ1v) is 12.9. The Labute approximate surface area is 214 Å². The molecule has 1 aliphatic carbocycles. The fourth-order valence-corrected chi connectivity index (χ4v) is 4.95. The molecule has 1 aromatic heterocycles. The summed E-state index contributed by atoms with van der Waals surface area (Å²) < 4.78 is 17.2. The maximum Gasteiger partial charge on any atom is 0.465 e. The van der Waals surface area contributed by atoms with Gasteiger partial charge in [-0.2, -0.15) is 0 Å². The first-order valence-electron chi connectivity index (χ1n) is 12.9. The second-order valence-electron chi connectivity index (χ2n) is 11.3. The van der Waals surface area contributed by atoms with Crippen molar-refractivity contribution in [2.75, 3.05) is 13.7 Å². The number of allylic oxidation sites excluding steroid dienone is 4. The highest BCUT2D eigenvalue weighted by Crippen LogP contribution is 2.42. The number of nitrogens with one attached hydrogen (secondary N) is 2. The van der Waals surface area contributed by atoms with Gasteiger partial charge in [0.2, 0.25) is 5.91 Å². The first kappa shape index (κ1) is 26.5. The minimum atomic E-state index is -0.650. The zero-order valence-corrected chi connectivity index (χ0v) is 22.5. The number of H-pyrrole nitrogens is 1. The fraction of sp³-hybridized carbons (Fsp3) is 0.654. The minimum absolute atomic E-state index is 0.0699. The molecule has 3 heterocycles. The van der Waals surface area contributed by atoms with E-state index in [1.165, 1.54) is 7.11 Å². The van der Waals surface area contributed by atoms with Crippen LogP contribution >= 0.6 is 0 Å². The molecule has 10 heteroatoms. The van der Waals surface area contributed by atoms with Crippen molar-refractivity contribution in [3.63, 3.8) is 0 Å². The molecule has 2 aliphatic heterocycles. The number of carbonyl (C=O) groups is 2. The summed E-state index contributed by atoms with van der Waals surface area (Å²) in [4.78, 5) is 35.0. The van der Waals surface area contributed by atoms with E-state index >= 15 is 0 Å². The molecule has 3 unspecified atom stereocenters. The summed E-state index contributed by atoms with van der Waals surface area (Å²) in [5.41, 5.74) is 1.28. The van der Waals surface area contributed by atoms with Gasteiger partial charge in [0.05, 0.1) is 36.2 Å².